The smallest absolute Gasteiger partial charge is 0.0948 e. The lowest BCUT2D eigenvalue weighted by Gasteiger charge is -2.24. The molecule has 1 aliphatic heterocycles. The highest BCUT2D eigenvalue weighted by Gasteiger charge is 2.33. The van der Waals surface area contributed by atoms with Gasteiger partial charge in [-0.2, -0.15) is 0 Å². The molecule has 17 heavy (non-hydrogen) atoms. The van der Waals surface area contributed by atoms with Gasteiger partial charge in [0.05, 0.1) is 6.33 Å². The number of aromatic nitrogens is 2. The minimum atomic E-state index is -0.699. The Kier molecular flexibility index (Phi) is 3.99. The first-order chi connectivity index (χ1) is 8.15. The van der Waals surface area contributed by atoms with Gasteiger partial charge in [-0.3, -0.25) is 4.21 Å². The molecule has 1 saturated heterocycles. The number of imidazole rings is 1. The van der Waals surface area contributed by atoms with Crippen LogP contribution in [0.25, 0.3) is 0 Å². The maximum atomic E-state index is 11.5. The first-order valence-electron chi connectivity index (χ1n) is 6.22. The highest BCUT2D eigenvalue weighted by Crippen LogP contribution is 2.29. The highest BCUT2D eigenvalue weighted by molar-refractivity contribution is 7.84. The molecule has 2 heterocycles. The van der Waals surface area contributed by atoms with E-state index in [9.17, 15) is 4.21 Å². The van der Waals surface area contributed by atoms with Crippen LogP contribution in [0.15, 0.2) is 12.5 Å². The van der Waals surface area contributed by atoms with Crippen LogP contribution < -0.4 is 5.32 Å². The van der Waals surface area contributed by atoms with Crippen LogP contribution in [0, 0.1) is 0 Å². The van der Waals surface area contributed by atoms with Crippen molar-refractivity contribution in [3.8, 4) is 0 Å². The Morgan fingerprint density at radius 3 is 3.12 bits per heavy atom. The molecule has 4 nitrogen and oxygen atoms in total. The molecule has 0 aliphatic carbocycles. The Morgan fingerprint density at radius 1 is 1.65 bits per heavy atom. The molecule has 0 radical (unpaired) electrons. The summed E-state index contributed by atoms with van der Waals surface area (Å²) in [6.07, 6.45) is 4.98. The molecule has 0 saturated carbocycles. The standard InChI is InChI=1S/C12H21N3OS/c1-3-17(16)7-6-15-10-14-8-11(15)12(2)4-5-13-9-12/h8,10,13H,3-7,9H2,1-2H3. The normalized spacial score (nSPS) is 26.2. The minimum absolute atomic E-state index is 0.185. The van der Waals surface area contributed by atoms with E-state index in [1.54, 1.807) is 0 Å². The second-order valence-corrected chi connectivity index (χ2v) is 6.76. The van der Waals surface area contributed by atoms with Crippen LogP contribution in [0.5, 0.6) is 0 Å². The van der Waals surface area contributed by atoms with E-state index < -0.39 is 10.8 Å². The number of aryl methyl sites for hydroxylation is 1. The molecule has 1 N–H and O–H groups in total. The Bertz CT molecular complexity index is 396. The van der Waals surface area contributed by atoms with Gasteiger partial charge in [-0.15, -0.1) is 0 Å². The van der Waals surface area contributed by atoms with Crippen molar-refractivity contribution in [3.63, 3.8) is 0 Å². The van der Waals surface area contributed by atoms with Crippen molar-refractivity contribution < 1.29 is 4.21 Å². The second-order valence-electron chi connectivity index (χ2n) is 4.89. The van der Waals surface area contributed by atoms with Gasteiger partial charge in [0.1, 0.15) is 0 Å². The van der Waals surface area contributed by atoms with E-state index in [0.29, 0.717) is 0 Å². The van der Waals surface area contributed by atoms with Gasteiger partial charge in [0, 0.05) is 52.7 Å². The van der Waals surface area contributed by atoms with E-state index in [-0.39, 0.29) is 5.41 Å². The molecular weight excluding hydrogens is 234 g/mol. The fourth-order valence-electron chi connectivity index (χ4n) is 2.38. The third-order valence-corrected chi connectivity index (χ3v) is 4.86. The average Bonchev–Trinajstić information content (AvgIpc) is 2.95. The summed E-state index contributed by atoms with van der Waals surface area (Å²) in [5.74, 6) is 1.46. The predicted molar refractivity (Wildman–Crippen MR) is 70.6 cm³/mol. The molecular formula is C12H21N3OS. The first kappa shape index (κ1) is 12.8. The zero-order valence-electron chi connectivity index (χ0n) is 10.6. The monoisotopic (exact) mass is 255 g/mol. The third kappa shape index (κ3) is 2.77. The molecule has 2 rings (SSSR count). The van der Waals surface area contributed by atoms with Gasteiger partial charge in [-0.05, 0) is 13.0 Å². The SMILES string of the molecule is CCS(=O)CCn1cncc1C1(C)CCNC1. The minimum Gasteiger partial charge on any atom is -0.333 e. The quantitative estimate of drug-likeness (QED) is 0.850. The summed E-state index contributed by atoms with van der Waals surface area (Å²) >= 11 is 0. The largest absolute Gasteiger partial charge is 0.333 e. The van der Waals surface area contributed by atoms with E-state index in [1.165, 1.54) is 5.69 Å². The van der Waals surface area contributed by atoms with Crippen molar-refractivity contribution in [2.75, 3.05) is 24.6 Å². The maximum absolute atomic E-state index is 11.5. The fraction of sp³-hybridized carbons (Fsp3) is 0.750. The summed E-state index contributed by atoms with van der Waals surface area (Å²) in [5.41, 5.74) is 1.46. The molecule has 1 aromatic heterocycles. The zero-order chi connectivity index (χ0) is 12.3. The van der Waals surface area contributed by atoms with Crippen LogP contribution in [0.2, 0.25) is 0 Å². The van der Waals surface area contributed by atoms with Gasteiger partial charge in [-0.25, -0.2) is 4.98 Å². The Morgan fingerprint density at radius 2 is 2.47 bits per heavy atom. The average molecular weight is 255 g/mol. The van der Waals surface area contributed by atoms with Gasteiger partial charge in [0.2, 0.25) is 0 Å². The van der Waals surface area contributed by atoms with Crippen molar-refractivity contribution in [1.82, 2.24) is 14.9 Å². The number of hydrogen-bond donors (Lipinski definition) is 1. The van der Waals surface area contributed by atoms with Crippen molar-refractivity contribution in [1.29, 1.82) is 0 Å². The molecule has 1 aliphatic rings. The Labute approximate surface area is 105 Å². The first-order valence-corrected chi connectivity index (χ1v) is 7.71. The summed E-state index contributed by atoms with van der Waals surface area (Å²) in [6.45, 7) is 7.13. The zero-order valence-corrected chi connectivity index (χ0v) is 11.4. The lowest BCUT2D eigenvalue weighted by atomic mass is 9.86. The van der Waals surface area contributed by atoms with Crippen molar-refractivity contribution >= 4 is 10.8 Å². The van der Waals surface area contributed by atoms with Crippen LogP contribution in [-0.2, 0) is 22.8 Å². The van der Waals surface area contributed by atoms with Crippen LogP contribution >= 0.6 is 0 Å². The maximum Gasteiger partial charge on any atom is 0.0948 e. The van der Waals surface area contributed by atoms with Gasteiger partial charge < -0.3 is 9.88 Å². The van der Waals surface area contributed by atoms with Crippen LogP contribution in [0.1, 0.15) is 26.0 Å². The molecule has 1 fully saturated rings. The number of nitrogens with one attached hydrogen (secondary N) is 1. The van der Waals surface area contributed by atoms with Gasteiger partial charge in [-0.1, -0.05) is 13.8 Å². The van der Waals surface area contributed by atoms with E-state index >= 15 is 0 Å². The number of rotatable bonds is 5. The summed E-state index contributed by atoms with van der Waals surface area (Å²) in [5, 5.41) is 3.40. The Hall–Kier alpha value is -0.680. The molecule has 2 atom stereocenters. The van der Waals surface area contributed by atoms with Gasteiger partial charge >= 0.3 is 0 Å². The fourth-order valence-corrected chi connectivity index (χ4v) is 3.07. The van der Waals surface area contributed by atoms with Crippen LogP contribution in [-0.4, -0.2) is 38.4 Å². The van der Waals surface area contributed by atoms with Crippen molar-refractivity contribution in [2.45, 2.75) is 32.2 Å². The van der Waals surface area contributed by atoms with Gasteiger partial charge in [0.25, 0.3) is 0 Å². The highest BCUT2D eigenvalue weighted by atomic mass is 32.2. The number of nitrogens with zero attached hydrogens (tertiary/aromatic N) is 2. The molecule has 5 heteroatoms. The van der Waals surface area contributed by atoms with E-state index in [2.05, 4.69) is 21.8 Å². The molecule has 2 unspecified atom stereocenters. The summed E-state index contributed by atoms with van der Waals surface area (Å²) < 4.78 is 13.7. The summed E-state index contributed by atoms with van der Waals surface area (Å²) in [6, 6.07) is 0. The lowest BCUT2D eigenvalue weighted by Crippen LogP contribution is -2.28. The van der Waals surface area contributed by atoms with E-state index in [1.807, 2.05) is 19.4 Å². The summed E-state index contributed by atoms with van der Waals surface area (Å²) in [4.78, 5) is 4.25. The third-order valence-electron chi connectivity index (χ3n) is 3.58. The molecule has 0 spiro atoms. The molecule has 1 aromatic rings. The predicted octanol–water partition coefficient (Wildman–Crippen LogP) is 0.903. The van der Waals surface area contributed by atoms with E-state index in [0.717, 1.165) is 37.6 Å². The number of hydrogen-bond acceptors (Lipinski definition) is 3. The second kappa shape index (κ2) is 5.31. The van der Waals surface area contributed by atoms with Crippen LogP contribution in [0.4, 0.5) is 0 Å². The molecule has 0 bridgehead atoms. The molecule has 0 amide bonds. The summed E-state index contributed by atoms with van der Waals surface area (Å²) in [7, 11) is -0.699. The lowest BCUT2D eigenvalue weighted by molar-refractivity contribution is 0.478. The van der Waals surface area contributed by atoms with Crippen LogP contribution in [0.3, 0.4) is 0 Å². The van der Waals surface area contributed by atoms with Crippen molar-refractivity contribution in [3.05, 3.63) is 18.2 Å². The molecule has 96 valence electrons. The van der Waals surface area contributed by atoms with Gasteiger partial charge in [0.15, 0.2) is 0 Å². The Balaban J connectivity index is 2.08. The molecule has 0 aromatic carbocycles. The van der Waals surface area contributed by atoms with Crippen molar-refractivity contribution in [2.24, 2.45) is 0 Å². The topological polar surface area (TPSA) is 46.9 Å². The van der Waals surface area contributed by atoms with E-state index in [4.69, 9.17) is 0 Å².